The largest absolute Gasteiger partial charge is 0.334 e. The number of rotatable bonds is 0. The molecule has 4 nitrogen and oxygen atoms in total. The number of carbonyl (C=O) groups is 1. The Morgan fingerprint density at radius 3 is 3.00 bits per heavy atom. The van der Waals surface area contributed by atoms with Gasteiger partial charge >= 0.3 is 6.03 Å². The van der Waals surface area contributed by atoms with Crippen LogP contribution in [-0.4, -0.2) is 11.0 Å². The fraction of sp³-hybridized carbons (Fsp3) is 0.143. The van der Waals surface area contributed by atoms with Crippen LogP contribution in [-0.2, 0) is 6.54 Å². The zero-order valence-electron chi connectivity index (χ0n) is 6.40. The molecule has 0 spiro atoms. The number of anilines is 1. The van der Waals surface area contributed by atoms with Gasteiger partial charge in [0.25, 0.3) is 0 Å². The van der Waals surface area contributed by atoms with Gasteiger partial charge in [-0.25, -0.2) is 9.78 Å². The lowest BCUT2D eigenvalue weighted by atomic mass is 10.2. The average Bonchev–Trinajstić information content (AvgIpc) is 2.02. The van der Waals surface area contributed by atoms with Crippen LogP contribution < -0.4 is 10.6 Å². The second kappa shape index (κ2) is 3.05. The minimum atomic E-state index is -0.293. The quantitative estimate of drug-likeness (QED) is 0.654. The molecule has 6 heteroatoms. The third kappa shape index (κ3) is 1.55. The molecule has 0 atom stereocenters. The third-order valence-electron chi connectivity index (χ3n) is 1.70. The van der Waals surface area contributed by atoms with E-state index in [-0.39, 0.29) is 11.2 Å². The van der Waals surface area contributed by atoms with Gasteiger partial charge in [-0.3, -0.25) is 5.32 Å². The zero-order chi connectivity index (χ0) is 9.42. The monoisotopic (exact) mass is 217 g/mol. The predicted molar refractivity (Wildman–Crippen MR) is 50.1 cm³/mol. The Labute approximate surface area is 84.2 Å². The van der Waals surface area contributed by atoms with Gasteiger partial charge in [0.15, 0.2) is 0 Å². The van der Waals surface area contributed by atoms with Crippen molar-refractivity contribution in [3.05, 3.63) is 21.8 Å². The number of carbonyl (C=O) groups excluding carboxylic acids is 1. The van der Waals surface area contributed by atoms with Crippen molar-refractivity contribution in [1.82, 2.24) is 10.3 Å². The molecular formula is C7H5Cl2N3O. The molecule has 0 aliphatic carbocycles. The Bertz CT molecular complexity index is 380. The van der Waals surface area contributed by atoms with Crippen molar-refractivity contribution in [3.8, 4) is 0 Å². The van der Waals surface area contributed by atoms with E-state index in [9.17, 15) is 4.79 Å². The van der Waals surface area contributed by atoms with Gasteiger partial charge in [0.2, 0.25) is 0 Å². The first-order valence-corrected chi connectivity index (χ1v) is 4.32. The van der Waals surface area contributed by atoms with E-state index in [4.69, 9.17) is 23.2 Å². The Balaban J connectivity index is 2.53. The first kappa shape index (κ1) is 8.59. The molecule has 2 N–H and O–H groups in total. The van der Waals surface area contributed by atoms with E-state index in [0.29, 0.717) is 17.4 Å². The topological polar surface area (TPSA) is 54.0 Å². The van der Waals surface area contributed by atoms with Crippen LogP contribution in [0.2, 0.25) is 10.2 Å². The lowest BCUT2D eigenvalue weighted by Gasteiger charge is -2.18. The van der Waals surface area contributed by atoms with E-state index in [1.54, 1.807) is 6.07 Å². The summed E-state index contributed by atoms with van der Waals surface area (Å²) in [5.41, 5.74) is 0.755. The molecule has 13 heavy (non-hydrogen) atoms. The average molecular weight is 218 g/mol. The molecule has 2 heterocycles. The van der Waals surface area contributed by atoms with Crippen LogP contribution in [0.15, 0.2) is 6.07 Å². The minimum Gasteiger partial charge on any atom is -0.334 e. The summed E-state index contributed by atoms with van der Waals surface area (Å²) in [5.74, 6) is 0.432. The van der Waals surface area contributed by atoms with Crippen molar-refractivity contribution in [2.75, 3.05) is 5.32 Å². The maximum Gasteiger partial charge on any atom is 0.320 e. The molecule has 1 aliphatic rings. The number of hydrogen-bond donors (Lipinski definition) is 2. The van der Waals surface area contributed by atoms with Crippen molar-refractivity contribution in [1.29, 1.82) is 0 Å². The van der Waals surface area contributed by atoms with Crippen LogP contribution in [0.25, 0.3) is 0 Å². The Morgan fingerprint density at radius 1 is 1.46 bits per heavy atom. The van der Waals surface area contributed by atoms with Gasteiger partial charge in [0.05, 0.1) is 5.02 Å². The molecule has 68 valence electrons. The van der Waals surface area contributed by atoms with Gasteiger partial charge < -0.3 is 5.32 Å². The highest BCUT2D eigenvalue weighted by Crippen LogP contribution is 2.27. The summed E-state index contributed by atoms with van der Waals surface area (Å²) in [6.45, 7) is 0.379. The van der Waals surface area contributed by atoms with Crippen LogP contribution in [0, 0.1) is 0 Å². The van der Waals surface area contributed by atoms with E-state index in [1.165, 1.54) is 0 Å². The lowest BCUT2D eigenvalue weighted by Crippen LogP contribution is -2.34. The number of nitrogens with zero attached hydrogens (tertiary/aromatic N) is 1. The molecule has 0 aromatic carbocycles. The number of pyridine rings is 1. The van der Waals surface area contributed by atoms with Gasteiger partial charge in [-0.15, -0.1) is 0 Å². The Morgan fingerprint density at radius 2 is 2.23 bits per heavy atom. The van der Waals surface area contributed by atoms with E-state index in [0.717, 1.165) is 5.56 Å². The third-order valence-corrected chi connectivity index (χ3v) is 2.23. The Kier molecular flexibility index (Phi) is 2.01. The predicted octanol–water partition coefficient (Wildman–Crippen LogP) is 2.02. The number of hydrogen-bond acceptors (Lipinski definition) is 2. The van der Waals surface area contributed by atoms with E-state index < -0.39 is 0 Å². The molecule has 0 saturated heterocycles. The molecular weight excluding hydrogens is 213 g/mol. The SMILES string of the molecule is O=C1NCc2c(Cl)cc(Cl)nc2N1. The van der Waals surface area contributed by atoms with Crippen LogP contribution in [0.1, 0.15) is 5.56 Å². The fourth-order valence-corrected chi connectivity index (χ4v) is 1.61. The first-order valence-electron chi connectivity index (χ1n) is 3.56. The standard InChI is InChI=1S/C7H5Cl2N3O/c8-4-1-5(9)11-6-3(4)2-10-7(13)12-6/h1H,2H2,(H2,10,11,12,13). The zero-order valence-corrected chi connectivity index (χ0v) is 7.91. The summed E-state index contributed by atoms with van der Waals surface area (Å²) in [7, 11) is 0. The summed E-state index contributed by atoms with van der Waals surface area (Å²) < 4.78 is 0. The van der Waals surface area contributed by atoms with Gasteiger partial charge in [-0.2, -0.15) is 0 Å². The van der Waals surface area contributed by atoms with Gasteiger partial charge in [0, 0.05) is 12.1 Å². The molecule has 1 aliphatic heterocycles. The number of nitrogens with one attached hydrogen (secondary N) is 2. The van der Waals surface area contributed by atoms with Crippen molar-refractivity contribution in [3.63, 3.8) is 0 Å². The van der Waals surface area contributed by atoms with Gasteiger partial charge in [-0.1, -0.05) is 23.2 Å². The lowest BCUT2D eigenvalue weighted by molar-refractivity contribution is 0.250. The number of fused-ring (bicyclic) bond motifs is 1. The molecule has 0 unspecified atom stereocenters. The number of aromatic nitrogens is 1. The van der Waals surface area contributed by atoms with Crippen LogP contribution in [0.5, 0.6) is 0 Å². The maximum atomic E-state index is 10.9. The van der Waals surface area contributed by atoms with Crippen molar-refractivity contribution < 1.29 is 4.79 Å². The Hall–Kier alpha value is -1.00. The second-order valence-electron chi connectivity index (χ2n) is 2.56. The van der Waals surface area contributed by atoms with Crippen molar-refractivity contribution in [2.24, 2.45) is 0 Å². The van der Waals surface area contributed by atoms with Crippen LogP contribution in [0.4, 0.5) is 10.6 Å². The molecule has 2 rings (SSSR count). The normalized spacial score (nSPS) is 14.5. The highest BCUT2D eigenvalue weighted by Gasteiger charge is 2.18. The summed E-state index contributed by atoms with van der Waals surface area (Å²) in [5, 5.41) is 5.86. The highest BCUT2D eigenvalue weighted by atomic mass is 35.5. The van der Waals surface area contributed by atoms with E-state index >= 15 is 0 Å². The molecule has 0 saturated carbocycles. The highest BCUT2D eigenvalue weighted by molar-refractivity contribution is 6.35. The van der Waals surface area contributed by atoms with E-state index in [1.807, 2.05) is 0 Å². The van der Waals surface area contributed by atoms with Crippen molar-refractivity contribution >= 4 is 35.1 Å². The fourth-order valence-electron chi connectivity index (χ4n) is 1.10. The minimum absolute atomic E-state index is 0.269. The van der Waals surface area contributed by atoms with E-state index in [2.05, 4.69) is 15.6 Å². The first-order chi connectivity index (χ1) is 6.16. The molecule has 0 bridgehead atoms. The summed E-state index contributed by atoms with van der Waals surface area (Å²) in [6.07, 6.45) is 0. The summed E-state index contributed by atoms with van der Waals surface area (Å²) in [4.78, 5) is 14.8. The van der Waals surface area contributed by atoms with Crippen LogP contribution >= 0.6 is 23.2 Å². The van der Waals surface area contributed by atoms with Gasteiger partial charge in [-0.05, 0) is 6.07 Å². The molecule has 1 aromatic heterocycles. The maximum absolute atomic E-state index is 10.9. The smallest absolute Gasteiger partial charge is 0.320 e. The van der Waals surface area contributed by atoms with Crippen molar-refractivity contribution in [2.45, 2.75) is 6.54 Å². The summed E-state index contributed by atoms with van der Waals surface area (Å²) >= 11 is 11.5. The molecule has 2 amide bonds. The number of amides is 2. The number of halogens is 2. The summed E-state index contributed by atoms with van der Waals surface area (Å²) in [6, 6.07) is 1.25. The molecule has 1 aromatic rings. The second-order valence-corrected chi connectivity index (χ2v) is 3.36. The van der Waals surface area contributed by atoms with Crippen LogP contribution in [0.3, 0.4) is 0 Å². The van der Waals surface area contributed by atoms with Gasteiger partial charge in [0.1, 0.15) is 11.0 Å². The molecule has 0 fully saturated rings. The molecule has 0 radical (unpaired) electrons. The number of urea groups is 1.